The minimum atomic E-state index is -0.774. The zero-order chi connectivity index (χ0) is 15.9. The second-order valence-electron chi connectivity index (χ2n) is 5.53. The van der Waals surface area contributed by atoms with E-state index in [1.165, 1.54) is 0 Å². The molecule has 0 radical (unpaired) electrons. The Hall–Kier alpha value is -1.18. The number of hydrogen-bond acceptors (Lipinski definition) is 6. The van der Waals surface area contributed by atoms with Crippen LogP contribution in [0.1, 0.15) is 11.1 Å². The fourth-order valence-electron chi connectivity index (χ4n) is 2.74. The van der Waals surface area contributed by atoms with Gasteiger partial charge in [-0.2, -0.15) is 0 Å². The molecule has 0 amide bonds. The highest BCUT2D eigenvalue weighted by Crippen LogP contribution is 2.38. The van der Waals surface area contributed by atoms with Gasteiger partial charge in [0.25, 0.3) is 0 Å². The first-order valence-corrected chi connectivity index (χ1v) is 9.08. The van der Waals surface area contributed by atoms with E-state index in [4.69, 9.17) is 4.99 Å². The molecule has 1 aromatic rings. The van der Waals surface area contributed by atoms with Gasteiger partial charge in [0.05, 0.1) is 11.4 Å². The maximum Gasteiger partial charge on any atom is 0.321 e. The number of rotatable bonds is 3. The average molecular weight is 338 g/mol. The van der Waals surface area contributed by atoms with Gasteiger partial charge in [-0.05, 0) is 25.6 Å². The zero-order valence-electron chi connectivity index (χ0n) is 12.4. The fourth-order valence-corrected chi connectivity index (χ4v) is 5.50. The number of aromatic hydroxyl groups is 1. The van der Waals surface area contributed by atoms with Crippen LogP contribution in [0.5, 0.6) is 5.75 Å². The lowest BCUT2D eigenvalue weighted by molar-refractivity contribution is -0.141. The Balaban J connectivity index is 1.80. The van der Waals surface area contributed by atoms with Crippen molar-refractivity contribution in [3.63, 3.8) is 0 Å². The number of para-hydroxylation sites is 1. The van der Waals surface area contributed by atoms with Crippen molar-refractivity contribution < 1.29 is 15.0 Å². The molecule has 0 bridgehead atoms. The number of phenols is 1. The molecule has 5 nitrogen and oxygen atoms in total. The molecule has 0 unspecified atom stereocenters. The molecule has 2 aliphatic rings. The van der Waals surface area contributed by atoms with Gasteiger partial charge in [0, 0.05) is 17.1 Å². The van der Waals surface area contributed by atoms with Gasteiger partial charge >= 0.3 is 5.97 Å². The van der Waals surface area contributed by atoms with Crippen LogP contribution in [0.25, 0.3) is 0 Å². The van der Waals surface area contributed by atoms with Gasteiger partial charge in [-0.3, -0.25) is 14.7 Å². The summed E-state index contributed by atoms with van der Waals surface area (Å²) in [4.78, 5) is 17.9. The smallest absolute Gasteiger partial charge is 0.321 e. The zero-order valence-corrected chi connectivity index (χ0v) is 14.0. The number of carboxylic acids is 1. The quantitative estimate of drug-likeness (QED) is 0.878. The summed E-state index contributed by atoms with van der Waals surface area (Å²) < 4.78 is 0. The van der Waals surface area contributed by atoms with Crippen LogP contribution >= 0.6 is 23.5 Å². The standard InChI is InChI=1S/C15H18N2O3S2/c1-8-4-3-5-9(12(8)18)13-16-10(6-21-13)14-17(2)11(7-22-14)15(19)20/h3-5,10-11,14,18H,6-7H2,1-2H3,(H,19,20)/t10-,11+,14-/m0/s1. The fraction of sp³-hybridized carbons (Fsp3) is 0.467. The summed E-state index contributed by atoms with van der Waals surface area (Å²) in [6.07, 6.45) is 0. The van der Waals surface area contributed by atoms with E-state index in [-0.39, 0.29) is 17.2 Å². The van der Waals surface area contributed by atoms with Crippen LogP contribution in [0, 0.1) is 6.92 Å². The number of benzene rings is 1. The summed E-state index contributed by atoms with van der Waals surface area (Å²) in [5.41, 5.74) is 1.61. The van der Waals surface area contributed by atoms with Gasteiger partial charge in [0.15, 0.2) is 0 Å². The van der Waals surface area contributed by atoms with Crippen molar-refractivity contribution in [1.82, 2.24) is 4.90 Å². The van der Waals surface area contributed by atoms with Gasteiger partial charge in [-0.1, -0.05) is 12.1 Å². The highest BCUT2D eigenvalue weighted by Gasteiger charge is 2.41. The van der Waals surface area contributed by atoms with Crippen molar-refractivity contribution >= 4 is 34.5 Å². The lowest BCUT2D eigenvalue weighted by Crippen LogP contribution is -2.42. The molecular weight excluding hydrogens is 320 g/mol. The second-order valence-corrected chi connectivity index (χ2v) is 7.69. The maximum absolute atomic E-state index is 11.2. The molecule has 7 heteroatoms. The Morgan fingerprint density at radius 3 is 2.86 bits per heavy atom. The monoisotopic (exact) mass is 338 g/mol. The number of hydrogen-bond donors (Lipinski definition) is 2. The number of nitrogens with zero attached hydrogens (tertiary/aromatic N) is 2. The number of carboxylic acid groups (broad SMARTS) is 1. The molecule has 2 aliphatic heterocycles. The maximum atomic E-state index is 11.2. The largest absolute Gasteiger partial charge is 0.507 e. The molecule has 1 aromatic carbocycles. The summed E-state index contributed by atoms with van der Waals surface area (Å²) >= 11 is 3.28. The summed E-state index contributed by atoms with van der Waals surface area (Å²) in [6, 6.07) is 5.28. The molecule has 2 N–H and O–H groups in total. The predicted octanol–water partition coefficient (Wildman–Crippen LogP) is 2.02. The van der Waals surface area contributed by atoms with E-state index in [0.29, 0.717) is 5.75 Å². The highest BCUT2D eigenvalue weighted by molar-refractivity contribution is 8.14. The first kappa shape index (κ1) is 15.7. The van der Waals surface area contributed by atoms with Crippen molar-refractivity contribution in [2.75, 3.05) is 18.6 Å². The molecule has 3 rings (SSSR count). The number of carbonyl (C=O) groups is 1. The van der Waals surface area contributed by atoms with E-state index < -0.39 is 12.0 Å². The van der Waals surface area contributed by atoms with Gasteiger partial charge < -0.3 is 10.2 Å². The third kappa shape index (κ3) is 2.73. The van der Waals surface area contributed by atoms with E-state index in [2.05, 4.69) is 0 Å². The normalized spacial score (nSPS) is 28.8. The summed E-state index contributed by atoms with van der Waals surface area (Å²) in [6.45, 7) is 1.87. The first-order chi connectivity index (χ1) is 10.5. The third-order valence-electron chi connectivity index (χ3n) is 4.07. The Kier molecular flexibility index (Phi) is 4.38. The molecule has 118 valence electrons. The molecule has 0 aliphatic carbocycles. The van der Waals surface area contributed by atoms with E-state index in [0.717, 1.165) is 21.9 Å². The lowest BCUT2D eigenvalue weighted by atomic mass is 10.1. The van der Waals surface area contributed by atoms with E-state index in [9.17, 15) is 15.0 Å². The average Bonchev–Trinajstić information content (AvgIpc) is 3.08. The Morgan fingerprint density at radius 1 is 1.41 bits per heavy atom. The van der Waals surface area contributed by atoms with Crippen LogP contribution in [0.2, 0.25) is 0 Å². The van der Waals surface area contributed by atoms with Crippen molar-refractivity contribution in [3.8, 4) is 5.75 Å². The molecule has 2 heterocycles. The van der Waals surface area contributed by atoms with Gasteiger partial charge in [0.1, 0.15) is 16.8 Å². The van der Waals surface area contributed by atoms with Crippen molar-refractivity contribution in [3.05, 3.63) is 29.3 Å². The van der Waals surface area contributed by atoms with Crippen LogP contribution in [0.4, 0.5) is 0 Å². The summed E-state index contributed by atoms with van der Waals surface area (Å²) in [7, 11) is 1.85. The molecule has 1 saturated heterocycles. The minimum Gasteiger partial charge on any atom is -0.507 e. The van der Waals surface area contributed by atoms with Crippen molar-refractivity contribution in [2.45, 2.75) is 24.4 Å². The van der Waals surface area contributed by atoms with Gasteiger partial charge in [-0.25, -0.2) is 0 Å². The van der Waals surface area contributed by atoms with E-state index in [1.54, 1.807) is 23.5 Å². The molecule has 3 atom stereocenters. The number of thioether (sulfide) groups is 2. The Labute approximate surface area is 137 Å². The van der Waals surface area contributed by atoms with Crippen molar-refractivity contribution in [2.24, 2.45) is 4.99 Å². The van der Waals surface area contributed by atoms with E-state index >= 15 is 0 Å². The first-order valence-electron chi connectivity index (χ1n) is 7.05. The number of phenolic OH excluding ortho intramolecular Hbond substituents is 1. The molecular formula is C15H18N2O3S2. The highest BCUT2D eigenvalue weighted by atomic mass is 32.2. The Bertz CT molecular complexity index is 635. The van der Waals surface area contributed by atoms with Crippen LogP contribution in [-0.2, 0) is 4.79 Å². The molecule has 0 saturated carbocycles. The van der Waals surface area contributed by atoms with Gasteiger partial charge in [-0.15, -0.1) is 23.5 Å². The van der Waals surface area contributed by atoms with Crippen molar-refractivity contribution in [1.29, 1.82) is 0 Å². The second kappa shape index (κ2) is 6.14. The molecule has 0 aromatic heterocycles. The lowest BCUT2D eigenvalue weighted by Gasteiger charge is -2.24. The number of aliphatic imine (C=N–C) groups is 1. The summed E-state index contributed by atoms with van der Waals surface area (Å²) in [5.74, 6) is 0.920. The molecule has 22 heavy (non-hydrogen) atoms. The van der Waals surface area contributed by atoms with Crippen LogP contribution in [0.3, 0.4) is 0 Å². The number of aliphatic carboxylic acids is 1. The minimum absolute atomic E-state index is 0.0549. The Morgan fingerprint density at radius 2 is 2.18 bits per heavy atom. The summed E-state index contributed by atoms with van der Waals surface area (Å²) in [5, 5.41) is 20.3. The van der Waals surface area contributed by atoms with Gasteiger partial charge in [0.2, 0.25) is 0 Å². The third-order valence-corrected chi connectivity index (χ3v) is 6.68. The SMILES string of the molecule is Cc1cccc(C2=N[C@H]([C@@H]3SC[C@H](C(=O)O)N3C)CS2)c1O. The number of likely N-dealkylation sites (N-methyl/N-ethyl adjacent to an activating group) is 1. The molecule has 1 fully saturated rings. The topological polar surface area (TPSA) is 73.1 Å². The van der Waals surface area contributed by atoms with Crippen LogP contribution in [0.15, 0.2) is 23.2 Å². The molecule has 0 spiro atoms. The van der Waals surface area contributed by atoms with Crippen LogP contribution < -0.4 is 0 Å². The predicted molar refractivity (Wildman–Crippen MR) is 91.1 cm³/mol. The number of aryl methyl sites for hydroxylation is 1. The van der Waals surface area contributed by atoms with Crippen LogP contribution in [-0.4, -0.2) is 62.1 Å². The van der Waals surface area contributed by atoms with E-state index in [1.807, 2.05) is 37.1 Å².